The molecule has 0 bridgehead atoms. The number of hydrogen-bond acceptors (Lipinski definition) is 3. The molecule has 0 aromatic carbocycles. The molecule has 2 rings (SSSR count). The van der Waals surface area contributed by atoms with Crippen molar-refractivity contribution >= 4 is 5.91 Å². The van der Waals surface area contributed by atoms with E-state index >= 15 is 0 Å². The SMILES string of the molecule is CCN(CC)C(=O)c1cc(OC2CCCCC2)ccn1. The molecule has 1 aliphatic rings. The summed E-state index contributed by atoms with van der Waals surface area (Å²) in [5.74, 6) is 0.742. The molecule has 0 spiro atoms. The second-order valence-electron chi connectivity index (χ2n) is 5.23. The van der Waals surface area contributed by atoms with Gasteiger partial charge in [-0.1, -0.05) is 6.42 Å². The molecule has 0 unspecified atom stereocenters. The van der Waals surface area contributed by atoms with Crippen molar-refractivity contribution in [1.82, 2.24) is 9.88 Å². The van der Waals surface area contributed by atoms with E-state index in [0.29, 0.717) is 24.9 Å². The van der Waals surface area contributed by atoms with Gasteiger partial charge in [0.1, 0.15) is 11.4 Å². The standard InChI is InChI=1S/C16H24N2O2/c1-3-18(4-2)16(19)15-12-14(10-11-17-15)20-13-8-6-5-7-9-13/h10-13H,3-9H2,1-2H3. The highest BCUT2D eigenvalue weighted by Crippen LogP contribution is 2.23. The van der Waals surface area contributed by atoms with Crippen molar-refractivity contribution < 1.29 is 9.53 Å². The van der Waals surface area contributed by atoms with E-state index < -0.39 is 0 Å². The smallest absolute Gasteiger partial charge is 0.272 e. The second-order valence-corrected chi connectivity index (χ2v) is 5.23. The van der Waals surface area contributed by atoms with Gasteiger partial charge in [0.2, 0.25) is 0 Å². The number of carbonyl (C=O) groups excluding carboxylic acids is 1. The fraction of sp³-hybridized carbons (Fsp3) is 0.625. The van der Waals surface area contributed by atoms with Crippen molar-refractivity contribution in [2.24, 2.45) is 0 Å². The van der Waals surface area contributed by atoms with E-state index in [9.17, 15) is 4.79 Å². The van der Waals surface area contributed by atoms with Gasteiger partial charge >= 0.3 is 0 Å². The molecular weight excluding hydrogens is 252 g/mol. The molecule has 110 valence electrons. The van der Waals surface area contributed by atoms with Crippen LogP contribution in [0.5, 0.6) is 5.75 Å². The molecule has 0 N–H and O–H groups in total. The fourth-order valence-electron chi connectivity index (χ4n) is 2.65. The Hall–Kier alpha value is -1.58. The maximum absolute atomic E-state index is 12.3. The summed E-state index contributed by atoms with van der Waals surface area (Å²) in [4.78, 5) is 18.2. The molecule has 1 fully saturated rings. The molecule has 1 amide bonds. The molecule has 4 nitrogen and oxygen atoms in total. The molecule has 20 heavy (non-hydrogen) atoms. The van der Waals surface area contributed by atoms with Crippen LogP contribution < -0.4 is 4.74 Å². The number of rotatable bonds is 5. The lowest BCUT2D eigenvalue weighted by Crippen LogP contribution is -2.31. The Morgan fingerprint density at radius 3 is 2.65 bits per heavy atom. The van der Waals surface area contributed by atoms with Crippen molar-refractivity contribution in [2.75, 3.05) is 13.1 Å². The fourth-order valence-corrected chi connectivity index (χ4v) is 2.65. The lowest BCUT2D eigenvalue weighted by molar-refractivity contribution is 0.0765. The first-order valence-electron chi connectivity index (χ1n) is 7.66. The zero-order chi connectivity index (χ0) is 14.4. The van der Waals surface area contributed by atoms with Crippen LogP contribution >= 0.6 is 0 Å². The summed E-state index contributed by atoms with van der Waals surface area (Å²) >= 11 is 0. The molecule has 1 heterocycles. The van der Waals surface area contributed by atoms with Gasteiger partial charge in [0, 0.05) is 25.4 Å². The summed E-state index contributed by atoms with van der Waals surface area (Å²) in [6.45, 7) is 5.35. The summed E-state index contributed by atoms with van der Waals surface area (Å²) in [7, 11) is 0. The first-order chi connectivity index (χ1) is 9.74. The first kappa shape index (κ1) is 14.8. The van der Waals surface area contributed by atoms with Crippen LogP contribution in [-0.4, -0.2) is 35.0 Å². The monoisotopic (exact) mass is 276 g/mol. The van der Waals surface area contributed by atoms with Crippen molar-refractivity contribution in [2.45, 2.75) is 52.1 Å². The molecule has 0 saturated heterocycles. The number of carbonyl (C=O) groups is 1. The minimum atomic E-state index is -0.0240. The van der Waals surface area contributed by atoms with Gasteiger partial charge in [-0.3, -0.25) is 9.78 Å². The Morgan fingerprint density at radius 1 is 1.30 bits per heavy atom. The maximum atomic E-state index is 12.3. The van der Waals surface area contributed by atoms with Crippen molar-refractivity contribution in [1.29, 1.82) is 0 Å². The van der Waals surface area contributed by atoms with Gasteiger partial charge in [-0.25, -0.2) is 0 Å². The van der Waals surface area contributed by atoms with Crippen molar-refractivity contribution in [3.63, 3.8) is 0 Å². The van der Waals surface area contributed by atoms with Gasteiger partial charge in [-0.15, -0.1) is 0 Å². The summed E-state index contributed by atoms with van der Waals surface area (Å²) in [5, 5.41) is 0. The minimum absolute atomic E-state index is 0.0240. The zero-order valence-electron chi connectivity index (χ0n) is 12.5. The van der Waals surface area contributed by atoms with Crippen LogP contribution in [-0.2, 0) is 0 Å². The Bertz CT molecular complexity index is 438. The van der Waals surface area contributed by atoms with Gasteiger partial charge in [0.15, 0.2) is 0 Å². The first-order valence-corrected chi connectivity index (χ1v) is 7.66. The quantitative estimate of drug-likeness (QED) is 0.829. The predicted molar refractivity (Wildman–Crippen MR) is 79.0 cm³/mol. The van der Waals surface area contributed by atoms with E-state index in [1.54, 1.807) is 17.2 Å². The van der Waals surface area contributed by atoms with Crippen LogP contribution in [0.25, 0.3) is 0 Å². The number of aromatic nitrogens is 1. The molecule has 1 aromatic rings. The topological polar surface area (TPSA) is 42.4 Å². The number of ether oxygens (including phenoxy) is 1. The van der Waals surface area contributed by atoms with Crippen LogP contribution in [0.15, 0.2) is 18.3 Å². The average Bonchev–Trinajstić information content (AvgIpc) is 2.49. The van der Waals surface area contributed by atoms with E-state index in [2.05, 4.69) is 4.98 Å². The summed E-state index contributed by atoms with van der Waals surface area (Å²) in [6.07, 6.45) is 7.96. The molecule has 1 saturated carbocycles. The maximum Gasteiger partial charge on any atom is 0.272 e. The van der Waals surface area contributed by atoms with Crippen LogP contribution in [0.4, 0.5) is 0 Å². The van der Waals surface area contributed by atoms with E-state index in [1.165, 1.54) is 19.3 Å². The molecule has 4 heteroatoms. The molecule has 0 radical (unpaired) electrons. The lowest BCUT2D eigenvalue weighted by Gasteiger charge is -2.23. The van der Waals surface area contributed by atoms with E-state index in [4.69, 9.17) is 4.74 Å². The van der Waals surface area contributed by atoms with E-state index in [1.807, 2.05) is 19.9 Å². The van der Waals surface area contributed by atoms with Gasteiger partial charge < -0.3 is 9.64 Å². The third kappa shape index (κ3) is 3.71. The van der Waals surface area contributed by atoms with Crippen molar-refractivity contribution in [3.05, 3.63) is 24.0 Å². The molecule has 0 atom stereocenters. The largest absolute Gasteiger partial charge is 0.490 e. The van der Waals surface area contributed by atoms with Gasteiger partial charge in [-0.05, 0) is 45.6 Å². The van der Waals surface area contributed by atoms with Gasteiger partial charge in [0.25, 0.3) is 5.91 Å². The third-order valence-electron chi connectivity index (χ3n) is 3.86. The minimum Gasteiger partial charge on any atom is -0.490 e. The highest BCUT2D eigenvalue weighted by molar-refractivity contribution is 5.92. The Kier molecular flexibility index (Phi) is 5.39. The van der Waals surface area contributed by atoms with Gasteiger partial charge in [-0.2, -0.15) is 0 Å². The summed E-state index contributed by atoms with van der Waals surface area (Å²) in [5.41, 5.74) is 0.474. The van der Waals surface area contributed by atoms with Crippen molar-refractivity contribution in [3.8, 4) is 5.75 Å². The average molecular weight is 276 g/mol. The normalized spacial score (nSPS) is 15.9. The molecule has 1 aliphatic carbocycles. The highest BCUT2D eigenvalue weighted by atomic mass is 16.5. The highest BCUT2D eigenvalue weighted by Gasteiger charge is 2.17. The number of amides is 1. The second kappa shape index (κ2) is 7.27. The van der Waals surface area contributed by atoms with E-state index in [0.717, 1.165) is 18.6 Å². The zero-order valence-corrected chi connectivity index (χ0v) is 12.5. The van der Waals surface area contributed by atoms with Crippen LogP contribution in [0.2, 0.25) is 0 Å². The lowest BCUT2D eigenvalue weighted by atomic mass is 9.98. The number of hydrogen-bond donors (Lipinski definition) is 0. The summed E-state index contributed by atoms with van der Waals surface area (Å²) < 4.78 is 5.98. The van der Waals surface area contributed by atoms with Gasteiger partial charge in [0.05, 0.1) is 6.10 Å². The Labute approximate surface area is 121 Å². The number of nitrogens with zero attached hydrogens (tertiary/aromatic N) is 2. The summed E-state index contributed by atoms with van der Waals surface area (Å²) in [6, 6.07) is 3.61. The molecule has 0 aliphatic heterocycles. The molecule has 1 aromatic heterocycles. The molecular formula is C16H24N2O2. The van der Waals surface area contributed by atoms with Crippen LogP contribution in [0.3, 0.4) is 0 Å². The predicted octanol–water partition coefficient (Wildman–Crippen LogP) is 3.28. The number of pyridine rings is 1. The van der Waals surface area contributed by atoms with Crippen LogP contribution in [0.1, 0.15) is 56.4 Å². The Balaban J connectivity index is 2.05. The van der Waals surface area contributed by atoms with Crippen LogP contribution in [0, 0.1) is 0 Å². The Morgan fingerprint density at radius 2 is 2.00 bits per heavy atom. The third-order valence-corrected chi connectivity index (χ3v) is 3.86. The van der Waals surface area contributed by atoms with E-state index in [-0.39, 0.29) is 5.91 Å².